The minimum absolute atomic E-state index is 0.00909. The van der Waals surface area contributed by atoms with Gasteiger partial charge in [-0.2, -0.15) is 0 Å². The molecule has 2 aromatic carbocycles. The topological polar surface area (TPSA) is 120 Å². The number of ether oxygens (including phenoxy) is 2. The molecule has 148 valence electrons. The highest BCUT2D eigenvalue weighted by Gasteiger charge is 2.18. The second-order valence-corrected chi connectivity index (χ2v) is 7.86. The summed E-state index contributed by atoms with van der Waals surface area (Å²) < 4.78 is 37.7. The molecule has 0 aliphatic carbocycles. The van der Waals surface area contributed by atoms with Gasteiger partial charge in [0.2, 0.25) is 12.7 Å². The Kier molecular flexibility index (Phi) is 4.77. The fourth-order valence-electron chi connectivity index (χ4n) is 2.64. The number of nitrogens with one attached hydrogen (secondary N) is 2. The van der Waals surface area contributed by atoms with Crippen LogP contribution >= 0.6 is 0 Å². The lowest BCUT2D eigenvalue weighted by molar-refractivity contribution is 0.102. The summed E-state index contributed by atoms with van der Waals surface area (Å²) in [4.78, 5) is 20.3. The normalized spacial score (nSPS) is 12.4. The Morgan fingerprint density at radius 1 is 1.03 bits per heavy atom. The standard InChI is InChI=1S/C19H16N4O5S/c1-12-8-9-20-19(21-12)23-29(25,26)15-5-3-14(4-6-15)22-18(24)13-2-7-16-17(10-13)28-11-27-16/h2-10H,11H2,1H3,(H,22,24)(H,20,21,23). The zero-order chi connectivity index (χ0) is 20.4. The summed E-state index contributed by atoms with van der Waals surface area (Å²) in [5.74, 6) is 0.722. The van der Waals surface area contributed by atoms with Gasteiger partial charge in [-0.05, 0) is 55.5 Å². The number of aromatic nitrogens is 2. The first kappa shape index (κ1) is 18.7. The molecule has 0 bridgehead atoms. The van der Waals surface area contributed by atoms with Crippen LogP contribution in [0.15, 0.2) is 59.6 Å². The van der Waals surface area contributed by atoms with Gasteiger partial charge in [0.25, 0.3) is 15.9 Å². The zero-order valence-corrected chi connectivity index (χ0v) is 16.1. The number of carbonyl (C=O) groups excluding carboxylic acids is 1. The minimum Gasteiger partial charge on any atom is -0.454 e. The average Bonchev–Trinajstić information content (AvgIpc) is 3.16. The maximum atomic E-state index is 12.5. The summed E-state index contributed by atoms with van der Waals surface area (Å²) in [6.45, 7) is 1.86. The Hall–Kier alpha value is -3.66. The number of nitrogens with zero attached hydrogens (tertiary/aromatic N) is 2. The fraction of sp³-hybridized carbons (Fsp3) is 0.105. The number of aryl methyl sites for hydroxylation is 1. The van der Waals surface area contributed by atoms with Crippen LogP contribution in [-0.2, 0) is 10.0 Å². The summed E-state index contributed by atoms with van der Waals surface area (Å²) >= 11 is 0. The number of hydrogen-bond acceptors (Lipinski definition) is 7. The Morgan fingerprint density at radius 3 is 2.55 bits per heavy atom. The number of benzene rings is 2. The zero-order valence-electron chi connectivity index (χ0n) is 15.2. The number of sulfonamides is 1. The van der Waals surface area contributed by atoms with Crippen LogP contribution in [0.4, 0.5) is 11.6 Å². The summed E-state index contributed by atoms with van der Waals surface area (Å²) in [7, 11) is -3.85. The van der Waals surface area contributed by atoms with Crippen molar-refractivity contribution in [3.63, 3.8) is 0 Å². The van der Waals surface area contributed by atoms with Gasteiger partial charge < -0.3 is 14.8 Å². The Bertz CT molecular complexity index is 1180. The van der Waals surface area contributed by atoms with Gasteiger partial charge >= 0.3 is 0 Å². The Morgan fingerprint density at radius 2 is 1.79 bits per heavy atom. The molecular formula is C19H16N4O5S. The molecule has 2 N–H and O–H groups in total. The molecule has 9 nitrogen and oxygen atoms in total. The highest BCUT2D eigenvalue weighted by Crippen LogP contribution is 2.32. The van der Waals surface area contributed by atoms with Gasteiger partial charge in [0.05, 0.1) is 4.90 Å². The van der Waals surface area contributed by atoms with E-state index in [1.54, 1.807) is 31.2 Å². The molecule has 2 heterocycles. The smallest absolute Gasteiger partial charge is 0.264 e. The number of anilines is 2. The van der Waals surface area contributed by atoms with Gasteiger partial charge in [0.1, 0.15) is 0 Å². The minimum atomic E-state index is -3.85. The first-order valence-electron chi connectivity index (χ1n) is 8.54. The third-order valence-corrected chi connectivity index (χ3v) is 5.42. The van der Waals surface area contributed by atoms with Crippen LogP contribution < -0.4 is 19.5 Å². The third kappa shape index (κ3) is 4.11. The van der Waals surface area contributed by atoms with Crippen molar-refractivity contribution in [2.75, 3.05) is 16.8 Å². The van der Waals surface area contributed by atoms with E-state index in [2.05, 4.69) is 20.0 Å². The van der Waals surface area contributed by atoms with Crippen molar-refractivity contribution in [1.82, 2.24) is 9.97 Å². The molecule has 0 spiro atoms. The van der Waals surface area contributed by atoms with E-state index in [1.807, 2.05) is 0 Å². The van der Waals surface area contributed by atoms with Gasteiger partial charge in [0, 0.05) is 23.1 Å². The second-order valence-electron chi connectivity index (χ2n) is 6.17. The molecule has 1 aliphatic heterocycles. The quantitative estimate of drug-likeness (QED) is 0.661. The van der Waals surface area contributed by atoms with Gasteiger partial charge in [-0.25, -0.2) is 23.1 Å². The predicted octanol–water partition coefficient (Wildman–Crippen LogP) is 2.57. The van der Waals surface area contributed by atoms with Crippen molar-refractivity contribution in [2.45, 2.75) is 11.8 Å². The predicted molar refractivity (Wildman–Crippen MR) is 105 cm³/mol. The highest BCUT2D eigenvalue weighted by molar-refractivity contribution is 7.92. The number of carbonyl (C=O) groups is 1. The number of rotatable bonds is 5. The monoisotopic (exact) mass is 412 g/mol. The number of amides is 1. The van der Waals surface area contributed by atoms with Gasteiger partial charge in [-0.1, -0.05) is 0 Å². The number of fused-ring (bicyclic) bond motifs is 1. The van der Waals surface area contributed by atoms with Crippen LogP contribution in [0, 0.1) is 6.92 Å². The van der Waals surface area contributed by atoms with Crippen molar-refractivity contribution >= 4 is 27.6 Å². The van der Waals surface area contributed by atoms with E-state index in [0.717, 1.165) is 0 Å². The van der Waals surface area contributed by atoms with Crippen LogP contribution in [0.2, 0.25) is 0 Å². The molecule has 0 atom stereocenters. The summed E-state index contributed by atoms with van der Waals surface area (Å²) in [5, 5.41) is 2.71. The molecule has 1 aromatic heterocycles. The average molecular weight is 412 g/mol. The largest absolute Gasteiger partial charge is 0.454 e. The third-order valence-electron chi connectivity index (χ3n) is 4.08. The van der Waals surface area contributed by atoms with Gasteiger partial charge in [-0.15, -0.1) is 0 Å². The van der Waals surface area contributed by atoms with Crippen molar-refractivity contribution in [1.29, 1.82) is 0 Å². The van der Waals surface area contributed by atoms with Crippen molar-refractivity contribution in [3.05, 3.63) is 66.0 Å². The van der Waals surface area contributed by atoms with E-state index in [4.69, 9.17) is 9.47 Å². The Labute approximate surface area is 166 Å². The second kappa shape index (κ2) is 7.40. The van der Waals surface area contributed by atoms with Crippen LogP contribution in [0.5, 0.6) is 11.5 Å². The molecule has 0 radical (unpaired) electrons. The van der Waals surface area contributed by atoms with E-state index in [-0.39, 0.29) is 23.5 Å². The van der Waals surface area contributed by atoms with Crippen molar-refractivity contribution < 1.29 is 22.7 Å². The molecule has 1 amide bonds. The van der Waals surface area contributed by atoms with Crippen molar-refractivity contribution in [2.24, 2.45) is 0 Å². The summed E-state index contributed by atoms with van der Waals surface area (Å²) in [5.41, 5.74) is 1.47. The molecule has 4 rings (SSSR count). The molecule has 0 unspecified atom stereocenters. The first-order valence-corrected chi connectivity index (χ1v) is 10.0. The molecule has 10 heteroatoms. The van der Waals surface area contributed by atoms with Crippen LogP contribution in [-0.4, -0.2) is 31.1 Å². The Balaban J connectivity index is 1.46. The lowest BCUT2D eigenvalue weighted by Crippen LogP contribution is -2.16. The molecule has 29 heavy (non-hydrogen) atoms. The van der Waals surface area contributed by atoms with E-state index < -0.39 is 10.0 Å². The molecule has 1 aliphatic rings. The lowest BCUT2D eigenvalue weighted by atomic mass is 10.2. The van der Waals surface area contributed by atoms with E-state index >= 15 is 0 Å². The van der Waals surface area contributed by atoms with E-state index in [1.165, 1.54) is 30.5 Å². The maximum absolute atomic E-state index is 12.5. The van der Waals surface area contributed by atoms with Crippen LogP contribution in [0.3, 0.4) is 0 Å². The van der Waals surface area contributed by atoms with Gasteiger partial charge in [-0.3, -0.25) is 4.79 Å². The van der Waals surface area contributed by atoms with E-state index in [0.29, 0.717) is 28.4 Å². The maximum Gasteiger partial charge on any atom is 0.264 e. The number of hydrogen-bond donors (Lipinski definition) is 2. The fourth-order valence-corrected chi connectivity index (χ4v) is 3.59. The van der Waals surface area contributed by atoms with Crippen LogP contribution in [0.1, 0.15) is 16.1 Å². The molecule has 3 aromatic rings. The summed E-state index contributed by atoms with van der Waals surface area (Å²) in [6, 6.07) is 12.3. The molecular weight excluding hydrogens is 396 g/mol. The highest BCUT2D eigenvalue weighted by atomic mass is 32.2. The summed E-state index contributed by atoms with van der Waals surface area (Å²) in [6.07, 6.45) is 1.47. The first-order chi connectivity index (χ1) is 13.9. The molecule has 0 fully saturated rings. The van der Waals surface area contributed by atoms with E-state index in [9.17, 15) is 13.2 Å². The molecule has 0 saturated carbocycles. The molecule has 0 saturated heterocycles. The van der Waals surface area contributed by atoms with Crippen LogP contribution in [0.25, 0.3) is 0 Å². The van der Waals surface area contributed by atoms with Crippen molar-refractivity contribution in [3.8, 4) is 11.5 Å². The lowest BCUT2D eigenvalue weighted by Gasteiger charge is -2.09. The SMILES string of the molecule is Cc1ccnc(NS(=O)(=O)c2ccc(NC(=O)c3ccc4c(c3)OCO4)cc2)n1. The van der Waals surface area contributed by atoms with Gasteiger partial charge in [0.15, 0.2) is 11.5 Å².